The average molecular weight is 284 g/mol. The predicted octanol–water partition coefficient (Wildman–Crippen LogP) is 2.76. The highest BCUT2D eigenvalue weighted by atomic mass is 16.4. The van der Waals surface area contributed by atoms with Gasteiger partial charge in [-0.2, -0.15) is 0 Å². The highest BCUT2D eigenvalue weighted by Gasteiger charge is 2.43. The average Bonchev–Trinajstić information content (AvgIpc) is 2.34. The van der Waals surface area contributed by atoms with Crippen LogP contribution in [0.4, 0.5) is 4.79 Å². The van der Waals surface area contributed by atoms with Crippen molar-refractivity contribution < 1.29 is 14.7 Å². The van der Waals surface area contributed by atoms with E-state index in [-0.39, 0.29) is 6.03 Å². The summed E-state index contributed by atoms with van der Waals surface area (Å²) in [5, 5.41) is 14.9. The maximum atomic E-state index is 11.9. The number of urea groups is 1. The molecule has 1 fully saturated rings. The van der Waals surface area contributed by atoms with Crippen LogP contribution < -0.4 is 10.6 Å². The molecule has 116 valence electrons. The zero-order valence-electron chi connectivity index (χ0n) is 12.9. The maximum absolute atomic E-state index is 11.9. The minimum atomic E-state index is -1.08. The van der Waals surface area contributed by atoms with Gasteiger partial charge >= 0.3 is 12.0 Å². The van der Waals surface area contributed by atoms with E-state index in [0.717, 1.165) is 25.7 Å². The van der Waals surface area contributed by atoms with E-state index in [9.17, 15) is 14.7 Å². The van der Waals surface area contributed by atoms with Gasteiger partial charge in [-0.15, -0.1) is 0 Å². The molecule has 0 saturated heterocycles. The third-order valence-corrected chi connectivity index (χ3v) is 4.00. The molecule has 5 nitrogen and oxygen atoms in total. The Bertz CT molecular complexity index is 344. The molecule has 3 N–H and O–H groups in total. The van der Waals surface area contributed by atoms with Crippen molar-refractivity contribution in [2.75, 3.05) is 6.54 Å². The molecule has 1 aliphatic carbocycles. The number of amides is 2. The predicted molar refractivity (Wildman–Crippen MR) is 78.6 cm³/mol. The Morgan fingerprint density at radius 2 is 2.10 bits per heavy atom. The maximum Gasteiger partial charge on any atom is 0.329 e. The second-order valence-corrected chi connectivity index (χ2v) is 6.51. The van der Waals surface area contributed by atoms with Crippen LogP contribution in [0.3, 0.4) is 0 Å². The van der Waals surface area contributed by atoms with Crippen molar-refractivity contribution in [1.29, 1.82) is 0 Å². The van der Waals surface area contributed by atoms with Gasteiger partial charge in [0.2, 0.25) is 0 Å². The molecule has 2 atom stereocenters. The summed E-state index contributed by atoms with van der Waals surface area (Å²) in [7, 11) is 0. The van der Waals surface area contributed by atoms with Crippen LogP contribution in [0.15, 0.2) is 0 Å². The molecule has 2 unspecified atom stereocenters. The van der Waals surface area contributed by atoms with E-state index < -0.39 is 11.5 Å². The van der Waals surface area contributed by atoms with Crippen LogP contribution in [-0.2, 0) is 4.79 Å². The molecular weight excluding hydrogens is 256 g/mol. The highest BCUT2D eigenvalue weighted by Crippen LogP contribution is 2.32. The van der Waals surface area contributed by atoms with Gasteiger partial charge in [-0.05, 0) is 37.5 Å². The van der Waals surface area contributed by atoms with Gasteiger partial charge in [0.05, 0.1) is 0 Å². The van der Waals surface area contributed by atoms with E-state index in [4.69, 9.17) is 0 Å². The number of rotatable bonds is 6. The van der Waals surface area contributed by atoms with E-state index in [1.165, 1.54) is 0 Å². The van der Waals surface area contributed by atoms with Gasteiger partial charge in [0.25, 0.3) is 0 Å². The molecule has 5 heteroatoms. The summed E-state index contributed by atoms with van der Waals surface area (Å²) in [6.07, 6.45) is 4.89. The summed E-state index contributed by atoms with van der Waals surface area (Å²) < 4.78 is 0. The largest absolute Gasteiger partial charge is 0.480 e. The van der Waals surface area contributed by atoms with Crippen molar-refractivity contribution in [2.45, 2.75) is 64.8 Å². The van der Waals surface area contributed by atoms with Gasteiger partial charge < -0.3 is 15.7 Å². The zero-order chi connectivity index (χ0) is 15.2. The molecule has 0 aromatic heterocycles. The molecular formula is C15H28N2O3. The third kappa shape index (κ3) is 5.02. The molecule has 0 radical (unpaired) electrons. The number of carboxylic acids is 1. The molecule has 0 aliphatic heterocycles. The van der Waals surface area contributed by atoms with Crippen molar-refractivity contribution >= 4 is 12.0 Å². The first-order chi connectivity index (χ1) is 9.35. The Morgan fingerprint density at radius 1 is 1.40 bits per heavy atom. The van der Waals surface area contributed by atoms with E-state index in [1.807, 2.05) is 6.92 Å². The van der Waals surface area contributed by atoms with E-state index in [2.05, 4.69) is 24.5 Å². The number of carboxylic acid groups (broad SMARTS) is 1. The van der Waals surface area contributed by atoms with Gasteiger partial charge in [-0.1, -0.05) is 33.6 Å². The Morgan fingerprint density at radius 3 is 2.65 bits per heavy atom. The van der Waals surface area contributed by atoms with Crippen molar-refractivity contribution in [2.24, 2.45) is 11.8 Å². The van der Waals surface area contributed by atoms with Gasteiger partial charge in [-0.25, -0.2) is 9.59 Å². The van der Waals surface area contributed by atoms with E-state index in [0.29, 0.717) is 31.2 Å². The lowest BCUT2D eigenvalue weighted by molar-refractivity contribution is -0.146. The molecule has 0 heterocycles. The molecule has 1 aliphatic rings. The first-order valence-electron chi connectivity index (χ1n) is 7.65. The molecule has 0 aromatic carbocycles. The number of hydrogen-bond donors (Lipinski definition) is 3. The lowest BCUT2D eigenvalue weighted by atomic mass is 9.76. The fraction of sp³-hybridized carbons (Fsp3) is 0.867. The Kier molecular flexibility index (Phi) is 6.30. The van der Waals surface area contributed by atoms with Gasteiger partial charge in [0.1, 0.15) is 5.54 Å². The van der Waals surface area contributed by atoms with Crippen molar-refractivity contribution in [3.63, 3.8) is 0 Å². The lowest BCUT2D eigenvalue weighted by Crippen LogP contribution is -2.59. The zero-order valence-corrected chi connectivity index (χ0v) is 12.9. The SMILES string of the molecule is CC(C)CCCNC(=O)NC1(C(=O)O)CCCC(C)C1. The van der Waals surface area contributed by atoms with Crippen LogP contribution in [0, 0.1) is 11.8 Å². The topological polar surface area (TPSA) is 78.4 Å². The molecule has 0 spiro atoms. The molecule has 2 amide bonds. The summed E-state index contributed by atoms with van der Waals surface area (Å²) in [4.78, 5) is 23.4. The van der Waals surface area contributed by atoms with Crippen LogP contribution in [0.5, 0.6) is 0 Å². The highest BCUT2D eigenvalue weighted by molar-refractivity contribution is 5.86. The fourth-order valence-electron chi connectivity index (χ4n) is 2.89. The van der Waals surface area contributed by atoms with Crippen molar-refractivity contribution in [3.05, 3.63) is 0 Å². The molecule has 0 aromatic rings. The minimum absolute atomic E-state index is 0.334. The molecule has 0 bridgehead atoms. The summed E-state index contributed by atoms with van der Waals surface area (Å²) in [5.41, 5.74) is -1.08. The van der Waals surface area contributed by atoms with Gasteiger partial charge in [-0.3, -0.25) is 0 Å². The number of carbonyl (C=O) groups is 2. The van der Waals surface area contributed by atoms with Crippen molar-refractivity contribution in [3.8, 4) is 0 Å². The third-order valence-electron chi connectivity index (χ3n) is 4.00. The molecule has 1 saturated carbocycles. The Labute approximate surface area is 121 Å². The Hall–Kier alpha value is -1.26. The second kappa shape index (κ2) is 7.50. The fourth-order valence-corrected chi connectivity index (χ4v) is 2.89. The quantitative estimate of drug-likeness (QED) is 0.656. The van der Waals surface area contributed by atoms with Crippen LogP contribution in [0.2, 0.25) is 0 Å². The molecule has 1 rings (SSSR count). The normalized spacial score (nSPS) is 26.3. The molecule has 20 heavy (non-hydrogen) atoms. The van der Waals surface area contributed by atoms with Gasteiger partial charge in [0.15, 0.2) is 0 Å². The Balaban J connectivity index is 2.45. The van der Waals surface area contributed by atoms with Crippen LogP contribution in [0.1, 0.15) is 59.3 Å². The first-order valence-corrected chi connectivity index (χ1v) is 7.65. The van der Waals surface area contributed by atoms with E-state index in [1.54, 1.807) is 0 Å². The van der Waals surface area contributed by atoms with Gasteiger partial charge in [0, 0.05) is 6.54 Å². The smallest absolute Gasteiger partial charge is 0.329 e. The second-order valence-electron chi connectivity index (χ2n) is 6.51. The number of nitrogens with one attached hydrogen (secondary N) is 2. The minimum Gasteiger partial charge on any atom is -0.480 e. The van der Waals surface area contributed by atoms with Crippen molar-refractivity contribution in [1.82, 2.24) is 10.6 Å². The lowest BCUT2D eigenvalue weighted by Gasteiger charge is -2.37. The van der Waals surface area contributed by atoms with Crippen LogP contribution >= 0.6 is 0 Å². The van der Waals surface area contributed by atoms with Crippen LogP contribution in [-0.4, -0.2) is 29.2 Å². The van der Waals surface area contributed by atoms with E-state index >= 15 is 0 Å². The summed E-state index contributed by atoms with van der Waals surface area (Å²) in [6.45, 7) is 6.92. The number of aliphatic carboxylic acids is 1. The monoisotopic (exact) mass is 284 g/mol. The summed E-state index contributed by atoms with van der Waals surface area (Å²) in [5.74, 6) is 0.0342. The standard InChI is InChI=1S/C15H28N2O3/c1-11(2)6-5-9-16-14(20)17-15(13(18)19)8-4-7-12(3)10-15/h11-12H,4-10H2,1-3H3,(H,18,19)(H2,16,17,20). The first kappa shape index (κ1) is 16.8. The number of carbonyl (C=O) groups excluding carboxylic acids is 1. The number of hydrogen-bond acceptors (Lipinski definition) is 2. The van der Waals surface area contributed by atoms with Crippen LogP contribution in [0.25, 0.3) is 0 Å². The summed E-state index contributed by atoms with van der Waals surface area (Å²) >= 11 is 0. The summed E-state index contributed by atoms with van der Waals surface area (Å²) in [6, 6.07) is -0.356.